The average molecular weight is 1150 g/mol. The van der Waals surface area contributed by atoms with E-state index < -0.39 is 120 Å². The Kier molecular flexibility index (Phi) is 24.5. The zero-order valence-corrected chi connectivity index (χ0v) is 46.6. The number of rotatable bonds is 29. The Morgan fingerprint density at radius 2 is 1.09 bits per heavy atom. The van der Waals surface area contributed by atoms with Gasteiger partial charge in [0.25, 0.3) is 5.91 Å². The fourth-order valence-corrected chi connectivity index (χ4v) is 10.4. The minimum Gasteiger partial charge on any atom is -0.469 e. The van der Waals surface area contributed by atoms with Crippen molar-refractivity contribution < 1.29 is 94.2 Å². The highest BCUT2D eigenvalue weighted by molar-refractivity contribution is 7.80. The van der Waals surface area contributed by atoms with Crippen LogP contribution in [0.5, 0.6) is 0 Å². The van der Waals surface area contributed by atoms with Crippen molar-refractivity contribution >= 4 is 28.2 Å². The molecule has 3 saturated heterocycles. The molecule has 1 unspecified atom stereocenters. The van der Waals surface area contributed by atoms with Crippen LogP contribution in [0.4, 0.5) is 0 Å². The van der Waals surface area contributed by atoms with Gasteiger partial charge in [-0.25, -0.2) is 4.18 Å². The molecule has 81 heavy (non-hydrogen) atoms. The number of carbonyl (C=O) groups excluding carboxylic acids is 3. The molecule has 0 radical (unpaired) electrons. The second kappa shape index (κ2) is 31.4. The minimum atomic E-state index is -5.31. The number of ether oxygens (including phenoxy) is 10. The van der Waals surface area contributed by atoms with Crippen molar-refractivity contribution in [3.8, 4) is 0 Å². The zero-order valence-electron chi connectivity index (χ0n) is 45.8. The quantitative estimate of drug-likeness (QED) is 0.0184. The molecule has 22 nitrogen and oxygen atoms in total. The Bertz CT molecular complexity index is 2630. The molecule has 0 saturated carbocycles. The number of esters is 1. The van der Waals surface area contributed by atoms with E-state index in [9.17, 15) is 42.7 Å². The third-order valence-corrected chi connectivity index (χ3v) is 14.5. The second-order valence-corrected chi connectivity index (χ2v) is 21.2. The van der Waals surface area contributed by atoms with Gasteiger partial charge in [0.2, 0.25) is 5.91 Å². The minimum absolute atomic E-state index is 0.00386. The molecule has 16 atom stereocenters. The standard InChI is InChI=1S/C58H76N2O20S/c1-36-45(63)49(80-81(67,68)69)46(64)57(75-36)78-51-48(44(59-38(3)61)56(71-32-22-8-6-5-7-21-31-43(62)70-4)79-52(51)55(66)60-54(65)42-29-19-12-20-30-42)77-58-53(74-35-41-27-17-11-18-28-41)50(73-34-40-25-15-10-16-26-40)47(37(2)76-58)72-33-39-23-13-9-14-24-39/h9-20,23-30,36-37,44-53,55-58,63-64,66H,5-8,21-22,31-35H2,1-4H3,(H,59,61)(H,60,65)(H,67,68,69)/t36-,37+,44-,45+,46-,47-,48-,49+,50-,51+,52+,53+,55?,56-,57+,58+/m1/s1. The van der Waals surface area contributed by atoms with Crippen molar-refractivity contribution in [2.75, 3.05) is 13.7 Å². The topological polar surface area (TPSA) is 292 Å². The van der Waals surface area contributed by atoms with E-state index in [1.54, 1.807) is 25.1 Å². The fourth-order valence-electron chi connectivity index (χ4n) is 9.88. The van der Waals surface area contributed by atoms with Gasteiger partial charge in [0.1, 0.15) is 61.0 Å². The molecule has 3 fully saturated rings. The van der Waals surface area contributed by atoms with Crippen LogP contribution in [0.2, 0.25) is 0 Å². The molecule has 23 heteroatoms. The number of aliphatic hydroxyl groups is 3. The number of hydrogen-bond donors (Lipinski definition) is 6. The third kappa shape index (κ3) is 18.8. The first-order valence-electron chi connectivity index (χ1n) is 27.2. The highest BCUT2D eigenvalue weighted by Gasteiger charge is 2.57. The molecule has 0 aliphatic carbocycles. The van der Waals surface area contributed by atoms with Gasteiger partial charge in [-0.3, -0.25) is 18.9 Å². The van der Waals surface area contributed by atoms with E-state index in [0.717, 1.165) is 36.0 Å². The number of aliphatic hydroxyl groups excluding tert-OH is 3. The van der Waals surface area contributed by atoms with Crippen LogP contribution in [-0.2, 0) is 91.4 Å². The van der Waals surface area contributed by atoms with Crippen LogP contribution in [0.1, 0.15) is 92.8 Å². The van der Waals surface area contributed by atoms with Gasteiger partial charge < -0.3 is 73.3 Å². The van der Waals surface area contributed by atoms with Crippen LogP contribution in [0, 0.1) is 0 Å². The first-order valence-corrected chi connectivity index (χ1v) is 28.6. The van der Waals surface area contributed by atoms with E-state index in [4.69, 9.17) is 51.6 Å². The van der Waals surface area contributed by atoms with Gasteiger partial charge in [0.15, 0.2) is 25.1 Å². The van der Waals surface area contributed by atoms with Gasteiger partial charge in [-0.05, 0) is 55.5 Å². The summed E-state index contributed by atoms with van der Waals surface area (Å²) in [5.74, 6) is -1.63. The smallest absolute Gasteiger partial charge is 0.397 e. The summed E-state index contributed by atoms with van der Waals surface area (Å²) in [5.41, 5.74) is 2.63. The molecular weight excluding hydrogens is 1080 g/mol. The SMILES string of the molecule is COC(=O)CCCCCCCCO[C@@H]1O[C@H](C(O)NC(=O)c2ccccc2)[C@@H](O[C@@H]2O[C@H](C)[C@H](O)[C@H](OS(=O)(=O)O)[C@H]2O)[C@H](O[C@@H]2O[C@@H](C)[C@@H](OCc3ccccc3)[C@@H](OCc3ccccc3)[C@@H]2OCc2ccccc2)[C@H]1NC(C)=O. The molecule has 444 valence electrons. The molecule has 4 aromatic rings. The summed E-state index contributed by atoms with van der Waals surface area (Å²) >= 11 is 0. The first kappa shape index (κ1) is 63.3. The maximum Gasteiger partial charge on any atom is 0.397 e. The monoisotopic (exact) mass is 1150 g/mol. The van der Waals surface area contributed by atoms with Gasteiger partial charge in [0.05, 0.1) is 39.1 Å². The molecule has 0 aromatic heterocycles. The van der Waals surface area contributed by atoms with E-state index >= 15 is 0 Å². The lowest BCUT2D eigenvalue weighted by Gasteiger charge is -2.52. The average Bonchev–Trinajstić information content (AvgIpc) is 3.66. The lowest BCUT2D eigenvalue weighted by atomic mass is 9.93. The van der Waals surface area contributed by atoms with Crippen molar-refractivity contribution in [1.82, 2.24) is 10.6 Å². The van der Waals surface area contributed by atoms with Crippen molar-refractivity contribution in [2.24, 2.45) is 0 Å². The summed E-state index contributed by atoms with van der Waals surface area (Å²) < 4.78 is 104. The Balaban J connectivity index is 1.30. The van der Waals surface area contributed by atoms with E-state index in [-0.39, 0.29) is 38.0 Å². The Labute approximate surface area is 472 Å². The predicted octanol–water partition coefficient (Wildman–Crippen LogP) is 4.81. The number of methoxy groups -OCH3 is 1. The lowest BCUT2D eigenvalue weighted by Crippen LogP contribution is -2.72. The summed E-state index contributed by atoms with van der Waals surface area (Å²) in [6.07, 6.45) is -18.7. The van der Waals surface area contributed by atoms with E-state index in [0.29, 0.717) is 25.7 Å². The van der Waals surface area contributed by atoms with Gasteiger partial charge in [-0.1, -0.05) is 135 Å². The number of unbranched alkanes of at least 4 members (excludes halogenated alkanes) is 5. The highest BCUT2D eigenvalue weighted by atomic mass is 32.3. The van der Waals surface area contributed by atoms with Crippen LogP contribution in [0.15, 0.2) is 121 Å². The molecule has 3 aliphatic heterocycles. The zero-order chi connectivity index (χ0) is 57.9. The molecule has 3 heterocycles. The Hall–Kier alpha value is -5.32. The van der Waals surface area contributed by atoms with Gasteiger partial charge in [-0.2, -0.15) is 8.42 Å². The summed E-state index contributed by atoms with van der Waals surface area (Å²) in [6, 6.07) is 34.9. The largest absolute Gasteiger partial charge is 0.469 e. The van der Waals surface area contributed by atoms with Crippen molar-refractivity contribution in [3.05, 3.63) is 144 Å². The highest BCUT2D eigenvalue weighted by Crippen LogP contribution is 2.38. The van der Waals surface area contributed by atoms with Crippen molar-refractivity contribution in [2.45, 2.75) is 184 Å². The van der Waals surface area contributed by atoms with Gasteiger partial charge >= 0.3 is 16.4 Å². The van der Waals surface area contributed by atoms with Crippen LogP contribution < -0.4 is 10.6 Å². The van der Waals surface area contributed by atoms with Crippen molar-refractivity contribution in [1.29, 1.82) is 0 Å². The van der Waals surface area contributed by atoms with E-state index in [2.05, 4.69) is 10.6 Å². The van der Waals surface area contributed by atoms with Crippen LogP contribution in [-0.4, -0.2) is 158 Å². The molecule has 4 aromatic carbocycles. The van der Waals surface area contributed by atoms with Crippen LogP contribution in [0.25, 0.3) is 0 Å². The number of amides is 2. The molecule has 0 bridgehead atoms. The summed E-state index contributed by atoms with van der Waals surface area (Å²) in [6.45, 7) is 4.64. The second-order valence-electron chi connectivity index (χ2n) is 20.2. The predicted molar refractivity (Wildman–Crippen MR) is 288 cm³/mol. The Morgan fingerprint density at radius 3 is 1.64 bits per heavy atom. The number of carbonyl (C=O) groups is 3. The molecule has 3 aliphatic rings. The number of nitrogens with one attached hydrogen (secondary N) is 2. The normalized spacial score (nSPS) is 29.1. The molecule has 2 amide bonds. The maximum absolute atomic E-state index is 13.9. The van der Waals surface area contributed by atoms with Crippen LogP contribution >= 0.6 is 0 Å². The summed E-state index contributed by atoms with van der Waals surface area (Å²) in [4.78, 5) is 39.0. The van der Waals surface area contributed by atoms with Crippen molar-refractivity contribution in [3.63, 3.8) is 0 Å². The molecule has 0 spiro atoms. The number of hydrogen-bond acceptors (Lipinski definition) is 19. The fraction of sp³-hybridized carbons (Fsp3) is 0.534. The van der Waals surface area contributed by atoms with E-state index in [1.165, 1.54) is 33.1 Å². The molecule has 6 N–H and O–H groups in total. The first-order chi connectivity index (χ1) is 39.0. The molecule has 7 rings (SSSR count). The summed E-state index contributed by atoms with van der Waals surface area (Å²) in [5, 5.41) is 40.5. The number of benzene rings is 4. The van der Waals surface area contributed by atoms with Gasteiger partial charge in [0, 0.05) is 25.5 Å². The van der Waals surface area contributed by atoms with Gasteiger partial charge in [-0.15, -0.1) is 0 Å². The Morgan fingerprint density at radius 1 is 0.580 bits per heavy atom. The third-order valence-electron chi connectivity index (χ3n) is 14.0. The molecular formula is C58H76N2O20S. The maximum atomic E-state index is 13.9. The lowest BCUT2D eigenvalue weighted by molar-refractivity contribution is -0.380. The summed E-state index contributed by atoms with van der Waals surface area (Å²) in [7, 11) is -3.96. The van der Waals surface area contributed by atoms with Crippen LogP contribution in [0.3, 0.4) is 0 Å². The van der Waals surface area contributed by atoms with E-state index in [1.807, 2.05) is 91.0 Å².